The minimum atomic E-state index is 0.255. The van der Waals surface area contributed by atoms with E-state index < -0.39 is 0 Å². The summed E-state index contributed by atoms with van der Waals surface area (Å²) < 4.78 is 0. The van der Waals surface area contributed by atoms with E-state index in [0.29, 0.717) is 13.0 Å². The summed E-state index contributed by atoms with van der Waals surface area (Å²) >= 11 is 0. The largest absolute Gasteiger partial charge is 0.339 e. The van der Waals surface area contributed by atoms with Crippen LogP contribution in [0.3, 0.4) is 0 Å². The lowest BCUT2D eigenvalue weighted by Crippen LogP contribution is -2.43. The molecule has 0 bridgehead atoms. The van der Waals surface area contributed by atoms with Gasteiger partial charge in [-0.15, -0.1) is 0 Å². The lowest BCUT2D eigenvalue weighted by molar-refractivity contribution is -0.133. The molecule has 0 aliphatic heterocycles. The molecule has 96 valence electrons. The molecule has 4 nitrogen and oxygen atoms in total. The predicted molar refractivity (Wildman–Crippen MR) is 68.3 cm³/mol. The molecule has 1 atom stereocenters. The molecule has 4 heteroatoms. The van der Waals surface area contributed by atoms with E-state index in [-0.39, 0.29) is 11.9 Å². The van der Waals surface area contributed by atoms with Crippen LogP contribution in [0.2, 0.25) is 0 Å². The number of hydrogen-bond donors (Lipinski definition) is 1. The lowest BCUT2D eigenvalue weighted by Gasteiger charge is -2.30. The molecule has 0 saturated carbocycles. The number of nitrogens with zero attached hydrogens (tertiary/aromatic N) is 2. The molecule has 1 amide bonds. The third-order valence-corrected chi connectivity index (χ3v) is 2.67. The van der Waals surface area contributed by atoms with Crippen LogP contribution in [-0.4, -0.2) is 55.5 Å². The Morgan fingerprint density at radius 1 is 1.31 bits per heavy atom. The summed E-state index contributed by atoms with van der Waals surface area (Å²) in [5.41, 5.74) is 5.42. The molecule has 0 radical (unpaired) electrons. The quantitative estimate of drug-likeness (QED) is 0.630. The average molecular weight is 229 g/mol. The summed E-state index contributed by atoms with van der Waals surface area (Å²) in [5, 5.41) is 0. The van der Waals surface area contributed by atoms with Crippen molar-refractivity contribution >= 4 is 5.91 Å². The molecular formula is C12H27N3O. The van der Waals surface area contributed by atoms with Crippen LogP contribution in [0, 0.1) is 0 Å². The summed E-state index contributed by atoms with van der Waals surface area (Å²) in [6.07, 6.45) is 2.47. The fraction of sp³-hybridized carbons (Fsp3) is 0.917. The van der Waals surface area contributed by atoms with Gasteiger partial charge in [0.25, 0.3) is 0 Å². The van der Waals surface area contributed by atoms with Gasteiger partial charge in [-0.2, -0.15) is 0 Å². The second-order valence-electron chi connectivity index (χ2n) is 4.54. The number of carbonyl (C=O) groups is 1. The molecule has 0 aliphatic carbocycles. The topological polar surface area (TPSA) is 49.6 Å². The van der Waals surface area contributed by atoms with Gasteiger partial charge in [0.2, 0.25) is 5.91 Å². The maximum absolute atomic E-state index is 11.9. The standard InChI is InChI=1S/C12H27N3O/c1-5-15(11(2)10-14(3)4)12(16)8-6-7-9-13/h11H,5-10,13H2,1-4H3. The highest BCUT2D eigenvalue weighted by atomic mass is 16.2. The number of hydrogen-bond acceptors (Lipinski definition) is 3. The fourth-order valence-corrected chi connectivity index (χ4v) is 1.93. The number of carbonyl (C=O) groups excluding carboxylic acids is 1. The number of amides is 1. The van der Waals surface area contributed by atoms with Crippen molar-refractivity contribution in [2.45, 2.75) is 39.2 Å². The first-order valence-corrected chi connectivity index (χ1v) is 6.17. The molecule has 0 saturated heterocycles. The molecule has 0 aromatic rings. The molecule has 16 heavy (non-hydrogen) atoms. The van der Waals surface area contributed by atoms with Crippen LogP contribution in [0.25, 0.3) is 0 Å². The number of rotatable bonds is 8. The van der Waals surface area contributed by atoms with Crippen molar-refractivity contribution in [3.8, 4) is 0 Å². The Hall–Kier alpha value is -0.610. The summed E-state index contributed by atoms with van der Waals surface area (Å²) in [4.78, 5) is 16.0. The molecule has 0 rings (SSSR count). The van der Waals surface area contributed by atoms with E-state index >= 15 is 0 Å². The van der Waals surface area contributed by atoms with Gasteiger partial charge in [0.15, 0.2) is 0 Å². The van der Waals surface area contributed by atoms with E-state index in [1.807, 2.05) is 25.9 Å². The van der Waals surface area contributed by atoms with Crippen LogP contribution in [0.1, 0.15) is 33.1 Å². The Bertz CT molecular complexity index is 195. The Labute approximate surface area is 99.8 Å². The van der Waals surface area contributed by atoms with Crippen molar-refractivity contribution in [3.05, 3.63) is 0 Å². The number of likely N-dealkylation sites (N-methyl/N-ethyl adjacent to an activating group) is 2. The van der Waals surface area contributed by atoms with E-state index in [1.54, 1.807) is 0 Å². The zero-order chi connectivity index (χ0) is 12.6. The van der Waals surface area contributed by atoms with Gasteiger partial charge in [-0.05, 0) is 47.3 Å². The zero-order valence-corrected chi connectivity index (χ0v) is 11.2. The van der Waals surface area contributed by atoms with Crippen molar-refractivity contribution in [1.29, 1.82) is 0 Å². The highest BCUT2D eigenvalue weighted by Gasteiger charge is 2.17. The molecule has 0 fully saturated rings. The smallest absolute Gasteiger partial charge is 0.222 e. The maximum Gasteiger partial charge on any atom is 0.222 e. The van der Waals surface area contributed by atoms with E-state index in [1.165, 1.54) is 0 Å². The van der Waals surface area contributed by atoms with Crippen LogP contribution < -0.4 is 5.73 Å². The van der Waals surface area contributed by atoms with E-state index in [2.05, 4.69) is 11.8 Å². The first kappa shape index (κ1) is 15.4. The second kappa shape index (κ2) is 8.53. The molecular weight excluding hydrogens is 202 g/mol. The van der Waals surface area contributed by atoms with Gasteiger partial charge >= 0.3 is 0 Å². The Morgan fingerprint density at radius 3 is 2.38 bits per heavy atom. The third kappa shape index (κ3) is 6.08. The van der Waals surface area contributed by atoms with Gasteiger partial charge in [-0.1, -0.05) is 0 Å². The first-order chi connectivity index (χ1) is 7.52. The Morgan fingerprint density at radius 2 is 1.94 bits per heavy atom. The first-order valence-electron chi connectivity index (χ1n) is 6.17. The molecule has 1 unspecified atom stereocenters. The second-order valence-corrected chi connectivity index (χ2v) is 4.54. The highest BCUT2D eigenvalue weighted by molar-refractivity contribution is 5.76. The van der Waals surface area contributed by atoms with Gasteiger partial charge in [-0.3, -0.25) is 4.79 Å². The van der Waals surface area contributed by atoms with Gasteiger partial charge in [0, 0.05) is 25.6 Å². The van der Waals surface area contributed by atoms with Crippen molar-refractivity contribution in [1.82, 2.24) is 9.80 Å². The average Bonchev–Trinajstić information content (AvgIpc) is 2.18. The predicted octanol–water partition coefficient (Wildman–Crippen LogP) is 0.914. The summed E-state index contributed by atoms with van der Waals surface area (Å²) in [5.74, 6) is 0.255. The van der Waals surface area contributed by atoms with Crippen LogP contribution in [-0.2, 0) is 4.79 Å². The monoisotopic (exact) mass is 229 g/mol. The molecule has 2 N–H and O–H groups in total. The maximum atomic E-state index is 11.9. The molecule has 0 aromatic heterocycles. The summed E-state index contributed by atoms with van der Waals surface area (Å²) in [6.45, 7) is 6.51. The summed E-state index contributed by atoms with van der Waals surface area (Å²) in [6, 6.07) is 0.283. The minimum absolute atomic E-state index is 0.255. The van der Waals surface area contributed by atoms with Crippen LogP contribution in [0.15, 0.2) is 0 Å². The number of nitrogens with two attached hydrogens (primary N) is 1. The van der Waals surface area contributed by atoms with Crippen LogP contribution in [0.5, 0.6) is 0 Å². The third-order valence-electron chi connectivity index (χ3n) is 2.67. The van der Waals surface area contributed by atoms with Crippen LogP contribution >= 0.6 is 0 Å². The summed E-state index contributed by atoms with van der Waals surface area (Å²) in [7, 11) is 4.06. The SMILES string of the molecule is CCN(C(=O)CCCCN)C(C)CN(C)C. The van der Waals surface area contributed by atoms with E-state index in [9.17, 15) is 4.79 Å². The fourth-order valence-electron chi connectivity index (χ4n) is 1.93. The van der Waals surface area contributed by atoms with Gasteiger partial charge in [0.1, 0.15) is 0 Å². The lowest BCUT2D eigenvalue weighted by atomic mass is 10.2. The van der Waals surface area contributed by atoms with Crippen molar-refractivity contribution in [2.75, 3.05) is 33.7 Å². The minimum Gasteiger partial charge on any atom is -0.339 e. The van der Waals surface area contributed by atoms with Gasteiger partial charge in [0.05, 0.1) is 0 Å². The van der Waals surface area contributed by atoms with Crippen molar-refractivity contribution in [2.24, 2.45) is 5.73 Å². The molecule has 0 aliphatic rings. The van der Waals surface area contributed by atoms with Crippen molar-refractivity contribution in [3.63, 3.8) is 0 Å². The van der Waals surface area contributed by atoms with Gasteiger partial charge < -0.3 is 15.5 Å². The van der Waals surface area contributed by atoms with Crippen LogP contribution in [0.4, 0.5) is 0 Å². The molecule has 0 heterocycles. The Kier molecular flexibility index (Phi) is 8.21. The molecule has 0 aromatic carbocycles. The Balaban J connectivity index is 4.09. The zero-order valence-electron chi connectivity index (χ0n) is 11.2. The van der Waals surface area contributed by atoms with Crippen molar-refractivity contribution < 1.29 is 4.79 Å². The van der Waals surface area contributed by atoms with Gasteiger partial charge in [-0.25, -0.2) is 0 Å². The number of unbranched alkanes of at least 4 members (excludes halogenated alkanes) is 1. The normalized spacial score (nSPS) is 12.9. The highest BCUT2D eigenvalue weighted by Crippen LogP contribution is 2.06. The molecule has 0 spiro atoms. The van der Waals surface area contributed by atoms with E-state index in [0.717, 1.165) is 25.9 Å². The van der Waals surface area contributed by atoms with E-state index in [4.69, 9.17) is 5.73 Å².